The second-order valence-corrected chi connectivity index (χ2v) is 9.45. The number of amides is 2. The molecular weight excluding hydrogens is 428 g/mol. The third kappa shape index (κ3) is 4.03. The average Bonchev–Trinajstić information content (AvgIpc) is 3.41. The molecule has 31 heavy (non-hydrogen) atoms. The summed E-state index contributed by atoms with van der Waals surface area (Å²) in [5, 5.41) is 11.8. The van der Waals surface area contributed by atoms with Crippen molar-refractivity contribution in [2.24, 2.45) is 0 Å². The van der Waals surface area contributed by atoms with Gasteiger partial charge in [-0.2, -0.15) is 10.2 Å². The molecule has 2 amide bonds. The van der Waals surface area contributed by atoms with Gasteiger partial charge >= 0.3 is 0 Å². The molecule has 0 aromatic carbocycles. The lowest BCUT2D eigenvalue weighted by molar-refractivity contribution is -0.124. The Balaban J connectivity index is 1.51. The van der Waals surface area contributed by atoms with E-state index in [0.29, 0.717) is 4.96 Å². The molecule has 166 valence electrons. The highest BCUT2D eigenvalue weighted by molar-refractivity contribution is 7.16. The number of fused-ring (bicyclic) bond motifs is 1. The molecule has 2 atom stereocenters. The molecule has 0 aliphatic carbocycles. The number of nitrogens with zero attached hydrogens (tertiary/aromatic N) is 6. The van der Waals surface area contributed by atoms with E-state index in [0.717, 1.165) is 15.5 Å². The van der Waals surface area contributed by atoms with Crippen LogP contribution in [-0.2, 0) is 4.79 Å². The normalized spacial score (nSPS) is 21.5. The molecule has 0 spiro atoms. The van der Waals surface area contributed by atoms with Crippen LogP contribution >= 0.6 is 11.3 Å². The van der Waals surface area contributed by atoms with Crippen molar-refractivity contribution in [3.63, 3.8) is 0 Å². The molecule has 0 radical (unpaired) electrons. The van der Waals surface area contributed by atoms with E-state index in [1.165, 1.54) is 26.7 Å². The molecule has 1 aliphatic heterocycles. The molecule has 9 nitrogen and oxygen atoms in total. The molecule has 0 saturated carbocycles. The number of aromatic nitrogens is 5. The average molecular weight is 452 g/mol. The van der Waals surface area contributed by atoms with Crippen LogP contribution in [0.5, 0.6) is 0 Å². The highest BCUT2D eigenvalue weighted by Crippen LogP contribution is 2.40. The van der Waals surface area contributed by atoms with Crippen molar-refractivity contribution in [1.82, 2.24) is 34.6 Å². The van der Waals surface area contributed by atoms with Crippen LogP contribution in [0.25, 0.3) is 4.96 Å². The molecular formula is C19H23F2N7O2S. The molecule has 12 heteroatoms. The molecule has 0 bridgehead atoms. The van der Waals surface area contributed by atoms with Gasteiger partial charge in [0.2, 0.25) is 10.9 Å². The molecule has 2 unspecified atom stereocenters. The van der Waals surface area contributed by atoms with Crippen molar-refractivity contribution < 1.29 is 18.4 Å². The summed E-state index contributed by atoms with van der Waals surface area (Å²) in [5.41, 5.74) is -0.311. The van der Waals surface area contributed by atoms with Crippen LogP contribution in [0, 0.1) is 13.8 Å². The molecule has 4 rings (SSSR count). The number of nitrogens with one attached hydrogen (secondary N) is 1. The Morgan fingerprint density at radius 2 is 2.06 bits per heavy atom. The molecule has 3 aromatic heterocycles. The van der Waals surface area contributed by atoms with Crippen molar-refractivity contribution in [3.05, 3.63) is 34.9 Å². The molecule has 1 fully saturated rings. The minimum atomic E-state index is -3.06. The van der Waals surface area contributed by atoms with Crippen molar-refractivity contribution in [2.45, 2.75) is 51.6 Å². The Labute approximate surface area is 181 Å². The number of halogens is 2. The fourth-order valence-electron chi connectivity index (χ4n) is 3.84. The number of rotatable bonds is 5. The van der Waals surface area contributed by atoms with E-state index in [1.54, 1.807) is 26.2 Å². The predicted molar refractivity (Wildman–Crippen MR) is 109 cm³/mol. The summed E-state index contributed by atoms with van der Waals surface area (Å²) in [7, 11) is 0. The first-order chi connectivity index (χ1) is 14.5. The number of carbonyl (C=O) groups is 2. The summed E-state index contributed by atoms with van der Waals surface area (Å²) in [6.45, 7) is 6.04. The molecule has 3 aromatic rings. The number of hydrogen-bond acceptors (Lipinski definition) is 6. The summed E-state index contributed by atoms with van der Waals surface area (Å²) < 4.78 is 31.7. The third-order valence-electron chi connectivity index (χ3n) is 5.44. The zero-order chi connectivity index (χ0) is 22.6. The van der Waals surface area contributed by atoms with Gasteiger partial charge < -0.3 is 10.2 Å². The monoisotopic (exact) mass is 451 g/mol. The number of likely N-dealkylation sites (tertiary alicyclic amines) is 1. The van der Waals surface area contributed by atoms with E-state index in [2.05, 4.69) is 20.5 Å². The maximum Gasteiger partial charge on any atom is 0.274 e. The topological polar surface area (TPSA) is 97.4 Å². The van der Waals surface area contributed by atoms with Gasteiger partial charge in [-0.15, -0.1) is 0 Å². The summed E-state index contributed by atoms with van der Waals surface area (Å²) in [6, 6.07) is -0.613. The SMILES string of the molecule is Cc1cnn(C(C)C(=O)NCC2(C)CC(F)(F)CN2C(=O)c2cn3nc(C)sc3n2)c1. The highest BCUT2D eigenvalue weighted by Gasteiger charge is 2.54. The van der Waals surface area contributed by atoms with Gasteiger partial charge in [0.25, 0.3) is 11.8 Å². The number of carbonyl (C=O) groups excluding carboxylic acids is 2. The summed E-state index contributed by atoms with van der Waals surface area (Å²) in [6.07, 6.45) is 4.25. The second kappa shape index (κ2) is 7.36. The Hall–Kier alpha value is -2.89. The predicted octanol–water partition coefficient (Wildman–Crippen LogP) is 2.22. The Kier molecular flexibility index (Phi) is 5.07. The zero-order valence-corrected chi connectivity index (χ0v) is 18.4. The van der Waals surface area contributed by atoms with Crippen molar-refractivity contribution in [1.29, 1.82) is 0 Å². The van der Waals surface area contributed by atoms with E-state index in [9.17, 15) is 18.4 Å². The highest BCUT2D eigenvalue weighted by atomic mass is 32.1. The van der Waals surface area contributed by atoms with E-state index < -0.39 is 36.4 Å². The van der Waals surface area contributed by atoms with E-state index in [4.69, 9.17) is 0 Å². The van der Waals surface area contributed by atoms with Gasteiger partial charge in [-0.3, -0.25) is 14.3 Å². The number of alkyl halides is 2. The Morgan fingerprint density at radius 3 is 2.71 bits per heavy atom. The third-order valence-corrected chi connectivity index (χ3v) is 6.28. The minimum Gasteiger partial charge on any atom is -0.352 e. The maximum atomic E-state index is 14.4. The van der Waals surface area contributed by atoms with Crippen LogP contribution in [0.2, 0.25) is 0 Å². The minimum absolute atomic E-state index is 0.0504. The number of imidazole rings is 1. The van der Waals surface area contributed by atoms with Gasteiger partial charge in [0.1, 0.15) is 16.7 Å². The van der Waals surface area contributed by atoms with Crippen LogP contribution in [-0.4, -0.2) is 65.6 Å². The first-order valence-corrected chi connectivity index (χ1v) is 10.6. The summed E-state index contributed by atoms with van der Waals surface area (Å²) in [5.74, 6) is -4.04. The lowest BCUT2D eigenvalue weighted by Crippen LogP contribution is -2.53. The lowest BCUT2D eigenvalue weighted by Gasteiger charge is -2.34. The maximum absolute atomic E-state index is 14.4. The Morgan fingerprint density at radius 1 is 1.32 bits per heavy atom. The molecule has 1 aliphatic rings. The van der Waals surface area contributed by atoms with Crippen molar-refractivity contribution in [2.75, 3.05) is 13.1 Å². The fourth-order valence-corrected chi connectivity index (χ4v) is 4.56. The fraction of sp³-hybridized carbons (Fsp3) is 0.526. The van der Waals surface area contributed by atoms with Crippen molar-refractivity contribution in [3.8, 4) is 0 Å². The first kappa shape index (κ1) is 21.3. The van der Waals surface area contributed by atoms with Gasteiger partial charge in [0.05, 0.1) is 24.5 Å². The zero-order valence-electron chi connectivity index (χ0n) is 17.6. The number of aryl methyl sites for hydroxylation is 2. The number of hydrogen-bond donors (Lipinski definition) is 1. The largest absolute Gasteiger partial charge is 0.352 e. The van der Waals surface area contributed by atoms with E-state index in [-0.39, 0.29) is 18.1 Å². The van der Waals surface area contributed by atoms with E-state index in [1.807, 2.05) is 13.8 Å². The van der Waals surface area contributed by atoms with Gasteiger partial charge in [-0.05, 0) is 33.3 Å². The van der Waals surface area contributed by atoms with Gasteiger partial charge in [0.15, 0.2) is 0 Å². The molecule has 4 heterocycles. The van der Waals surface area contributed by atoms with E-state index >= 15 is 0 Å². The van der Waals surface area contributed by atoms with Crippen molar-refractivity contribution >= 4 is 28.1 Å². The summed E-state index contributed by atoms with van der Waals surface area (Å²) in [4.78, 5) is 31.5. The lowest BCUT2D eigenvalue weighted by atomic mass is 9.97. The standard InChI is InChI=1S/C19H23F2N7O2S/c1-11-5-23-27(6-11)12(2)15(29)22-9-18(4)8-19(20,21)10-26(18)16(30)14-7-28-17(24-14)31-13(3)25-28/h5-7,12H,8-10H2,1-4H3,(H,22,29). The van der Waals surface area contributed by atoms with Crippen LogP contribution in [0.3, 0.4) is 0 Å². The quantitative estimate of drug-likeness (QED) is 0.642. The van der Waals surface area contributed by atoms with Crippen LogP contribution < -0.4 is 5.32 Å². The van der Waals surface area contributed by atoms with Gasteiger partial charge in [-0.1, -0.05) is 11.3 Å². The van der Waals surface area contributed by atoms with Crippen LogP contribution in [0.4, 0.5) is 8.78 Å². The first-order valence-electron chi connectivity index (χ1n) is 9.78. The van der Waals surface area contributed by atoms with Crippen LogP contribution in [0.1, 0.15) is 47.4 Å². The molecule has 1 saturated heterocycles. The second-order valence-electron chi connectivity index (χ2n) is 8.29. The van der Waals surface area contributed by atoms with Gasteiger partial charge in [-0.25, -0.2) is 18.3 Å². The Bertz CT molecular complexity index is 1120. The summed E-state index contributed by atoms with van der Waals surface area (Å²) >= 11 is 1.31. The smallest absolute Gasteiger partial charge is 0.274 e. The molecule has 1 N–H and O–H groups in total. The van der Waals surface area contributed by atoms with Crippen LogP contribution in [0.15, 0.2) is 18.6 Å². The van der Waals surface area contributed by atoms with Gasteiger partial charge in [0, 0.05) is 19.2 Å².